The lowest BCUT2D eigenvalue weighted by atomic mass is 10.2. The minimum absolute atomic E-state index is 0.0303. The Kier molecular flexibility index (Phi) is 4.98. The fourth-order valence-corrected chi connectivity index (χ4v) is 2.32. The second kappa shape index (κ2) is 6.72. The third kappa shape index (κ3) is 3.57. The lowest BCUT2D eigenvalue weighted by Crippen LogP contribution is -2.57. The molecular weight excluding hydrogens is 248 g/mol. The number of carbonyl (C=O) groups is 2. The summed E-state index contributed by atoms with van der Waals surface area (Å²) < 4.78 is 5.46. The zero-order valence-electron chi connectivity index (χ0n) is 11.4. The topological polar surface area (TPSA) is 73.9 Å². The van der Waals surface area contributed by atoms with E-state index in [0.717, 1.165) is 6.54 Å². The first-order valence-electron chi connectivity index (χ1n) is 6.86. The van der Waals surface area contributed by atoms with Crippen LogP contribution in [0.4, 0.5) is 4.79 Å². The second-order valence-corrected chi connectivity index (χ2v) is 4.71. The Balaban J connectivity index is 1.79. The summed E-state index contributed by atoms with van der Waals surface area (Å²) in [4.78, 5) is 27.4. The maximum absolute atomic E-state index is 12.2. The molecule has 0 aromatic heterocycles. The van der Waals surface area contributed by atoms with Crippen molar-refractivity contribution in [1.29, 1.82) is 0 Å². The molecule has 0 spiro atoms. The van der Waals surface area contributed by atoms with E-state index in [9.17, 15) is 9.59 Å². The predicted molar refractivity (Wildman–Crippen MR) is 69.8 cm³/mol. The molecule has 3 amide bonds. The van der Waals surface area contributed by atoms with Gasteiger partial charge in [0.2, 0.25) is 0 Å². The van der Waals surface area contributed by atoms with Crippen molar-refractivity contribution in [3.8, 4) is 0 Å². The Hall–Kier alpha value is -1.34. The van der Waals surface area contributed by atoms with Crippen LogP contribution in [0.5, 0.6) is 0 Å². The largest absolute Gasteiger partial charge is 0.366 e. The maximum Gasteiger partial charge on any atom is 0.317 e. The Morgan fingerprint density at radius 3 is 2.53 bits per heavy atom. The number of morpholine rings is 1. The van der Waals surface area contributed by atoms with Gasteiger partial charge in [0.05, 0.1) is 6.61 Å². The molecule has 2 fully saturated rings. The zero-order chi connectivity index (χ0) is 13.7. The molecule has 7 heteroatoms. The highest BCUT2D eigenvalue weighted by molar-refractivity contribution is 5.82. The van der Waals surface area contributed by atoms with Crippen molar-refractivity contribution < 1.29 is 14.3 Å². The SMILES string of the molecule is CCNC(=O)N1CCN(C(=O)C2CNCCO2)CC1. The Morgan fingerprint density at radius 2 is 1.95 bits per heavy atom. The summed E-state index contributed by atoms with van der Waals surface area (Å²) >= 11 is 0. The molecule has 7 nitrogen and oxygen atoms in total. The van der Waals surface area contributed by atoms with Gasteiger partial charge in [0.15, 0.2) is 0 Å². The molecule has 2 N–H and O–H groups in total. The highest BCUT2D eigenvalue weighted by Gasteiger charge is 2.30. The van der Waals surface area contributed by atoms with Crippen LogP contribution in [-0.2, 0) is 9.53 Å². The monoisotopic (exact) mass is 270 g/mol. The zero-order valence-corrected chi connectivity index (χ0v) is 11.4. The normalized spacial score (nSPS) is 24.2. The van der Waals surface area contributed by atoms with Crippen LogP contribution in [0.3, 0.4) is 0 Å². The smallest absolute Gasteiger partial charge is 0.317 e. The molecule has 0 saturated carbocycles. The van der Waals surface area contributed by atoms with Crippen LogP contribution in [0, 0.1) is 0 Å². The van der Waals surface area contributed by atoms with E-state index in [2.05, 4.69) is 10.6 Å². The summed E-state index contributed by atoms with van der Waals surface area (Å²) in [7, 11) is 0. The minimum Gasteiger partial charge on any atom is -0.366 e. The van der Waals surface area contributed by atoms with Crippen molar-refractivity contribution in [2.45, 2.75) is 13.0 Å². The molecular formula is C12H22N4O3. The van der Waals surface area contributed by atoms with Crippen molar-refractivity contribution in [2.75, 3.05) is 52.4 Å². The number of urea groups is 1. The third-order valence-electron chi connectivity index (χ3n) is 3.41. The van der Waals surface area contributed by atoms with E-state index in [4.69, 9.17) is 4.74 Å². The van der Waals surface area contributed by atoms with Crippen molar-refractivity contribution in [3.63, 3.8) is 0 Å². The van der Waals surface area contributed by atoms with Gasteiger partial charge in [0, 0.05) is 45.8 Å². The quantitative estimate of drug-likeness (QED) is 0.664. The van der Waals surface area contributed by atoms with E-state index in [1.54, 1.807) is 9.80 Å². The molecule has 2 aliphatic heterocycles. The predicted octanol–water partition coefficient (Wildman–Crippen LogP) is -1.15. The summed E-state index contributed by atoms with van der Waals surface area (Å²) in [6, 6.07) is -0.0508. The van der Waals surface area contributed by atoms with Crippen LogP contribution in [0.25, 0.3) is 0 Å². The van der Waals surface area contributed by atoms with Crippen LogP contribution in [-0.4, -0.2) is 80.3 Å². The van der Waals surface area contributed by atoms with E-state index in [1.165, 1.54) is 0 Å². The molecule has 0 aromatic carbocycles. The van der Waals surface area contributed by atoms with Crippen molar-refractivity contribution in [1.82, 2.24) is 20.4 Å². The van der Waals surface area contributed by atoms with Gasteiger partial charge in [0.1, 0.15) is 6.10 Å². The number of hydrogen-bond donors (Lipinski definition) is 2. The number of hydrogen-bond acceptors (Lipinski definition) is 4. The van der Waals surface area contributed by atoms with Gasteiger partial charge in [-0.15, -0.1) is 0 Å². The molecule has 108 valence electrons. The van der Waals surface area contributed by atoms with E-state index in [1.807, 2.05) is 6.92 Å². The van der Waals surface area contributed by atoms with Crippen molar-refractivity contribution in [2.24, 2.45) is 0 Å². The van der Waals surface area contributed by atoms with Crippen molar-refractivity contribution in [3.05, 3.63) is 0 Å². The lowest BCUT2D eigenvalue weighted by molar-refractivity contribution is -0.146. The average molecular weight is 270 g/mol. The van der Waals surface area contributed by atoms with Gasteiger partial charge in [-0.25, -0.2) is 4.79 Å². The van der Waals surface area contributed by atoms with Gasteiger partial charge in [-0.3, -0.25) is 4.79 Å². The van der Waals surface area contributed by atoms with E-state index < -0.39 is 0 Å². The van der Waals surface area contributed by atoms with Crippen LogP contribution in [0.2, 0.25) is 0 Å². The molecule has 2 heterocycles. The molecule has 0 aliphatic carbocycles. The standard InChI is InChI=1S/C12H22N4O3/c1-2-14-12(18)16-6-4-15(5-7-16)11(17)10-9-13-3-8-19-10/h10,13H,2-9H2,1H3,(H,14,18). The summed E-state index contributed by atoms with van der Waals surface area (Å²) in [5.74, 6) is 0.0303. The van der Waals surface area contributed by atoms with E-state index >= 15 is 0 Å². The van der Waals surface area contributed by atoms with Gasteiger partial charge >= 0.3 is 6.03 Å². The number of nitrogens with one attached hydrogen (secondary N) is 2. The molecule has 0 aromatic rings. The number of nitrogens with zero attached hydrogens (tertiary/aromatic N) is 2. The van der Waals surface area contributed by atoms with Crippen LogP contribution >= 0.6 is 0 Å². The molecule has 2 saturated heterocycles. The first-order valence-corrected chi connectivity index (χ1v) is 6.86. The fourth-order valence-electron chi connectivity index (χ4n) is 2.32. The van der Waals surface area contributed by atoms with Crippen LogP contribution in [0.1, 0.15) is 6.92 Å². The Morgan fingerprint density at radius 1 is 1.26 bits per heavy atom. The molecule has 19 heavy (non-hydrogen) atoms. The molecule has 2 rings (SSSR count). The molecule has 1 atom stereocenters. The van der Waals surface area contributed by atoms with Crippen LogP contribution < -0.4 is 10.6 Å². The number of rotatable bonds is 2. The Labute approximate surface area is 113 Å². The Bertz CT molecular complexity index is 323. The number of carbonyl (C=O) groups excluding carboxylic acids is 2. The van der Waals surface area contributed by atoms with Gasteiger partial charge in [0.25, 0.3) is 5.91 Å². The highest BCUT2D eigenvalue weighted by Crippen LogP contribution is 2.07. The summed E-state index contributed by atoms with van der Waals surface area (Å²) in [5.41, 5.74) is 0. The first-order chi connectivity index (χ1) is 9.22. The van der Waals surface area contributed by atoms with Gasteiger partial charge in [-0.2, -0.15) is 0 Å². The minimum atomic E-state index is -0.371. The molecule has 1 unspecified atom stereocenters. The molecule has 0 bridgehead atoms. The number of piperazine rings is 1. The maximum atomic E-state index is 12.2. The van der Waals surface area contributed by atoms with Gasteiger partial charge in [-0.1, -0.05) is 0 Å². The average Bonchev–Trinajstić information content (AvgIpc) is 2.48. The molecule has 0 radical (unpaired) electrons. The van der Waals surface area contributed by atoms with E-state index in [-0.39, 0.29) is 18.0 Å². The summed E-state index contributed by atoms with van der Waals surface area (Å²) in [6.07, 6.45) is -0.371. The number of ether oxygens (including phenoxy) is 1. The van der Waals surface area contributed by atoms with Gasteiger partial charge < -0.3 is 25.2 Å². The lowest BCUT2D eigenvalue weighted by Gasteiger charge is -2.37. The van der Waals surface area contributed by atoms with E-state index in [0.29, 0.717) is 45.9 Å². The van der Waals surface area contributed by atoms with Crippen molar-refractivity contribution >= 4 is 11.9 Å². The number of amides is 3. The fraction of sp³-hybridized carbons (Fsp3) is 0.833. The summed E-state index contributed by atoms with van der Waals surface area (Å²) in [5, 5.41) is 5.92. The van der Waals surface area contributed by atoms with Gasteiger partial charge in [-0.05, 0) is 6.92 Å². The third-order valence-corrected chi connectivity index (χ3v) is 3.41. The molecule has 2 aliphatic rings. The van der Waals surface area contributed by atoms with Crippen LogP contribution in [0.15, 0.2) is 0 Å². The summed E-state index contributed by atoms with van der Waals surface area (Å²) in [6.45, 7) is 6.80. The first kappa shape index (κ1) is 14.1. The second-order valence-electron chi connectivity index (χ2n) is 4.71. The highest BCUT2D eigenvalue weighted by atomic mass is 16.5.